The van der Waals surface area contributed by atoms with Gasteiger partial charge in [-0.15, -0.1) is 0 Å². The molecule has 0 aromatic carbocycles. The zero-order valence-electron chi connectivity index (χ0n) is 12.9. The molecule has 1 unspecified atom stereocenters. The number of nitrogens with two attached hydrogens (primary N) is 1. The van der Waals surface area contributed by atoms with Gasteiger partial charge in [0.1, 0.15) is 0 Å². The van der Waals surface area contributed by atoms with E-state index in [-0.39, 0.29) is 0 Å². The van der Waals surface area contributed by atoms with Gasteiger partial charge in [0, 0.05) is 26.2 Å². The molecule has 0 aromatic rings. The van der Waals surface area contributed by atoms with Crippen molar-refractivity contribution in [2.24, 2.45) is 11.7 Å². The second-order valence-electron chi connectivity index (χ2n) is 6.12. The van der Waals surface area contributed by atoms with Gasteiger partial charge in [0.05, 0.1) is 11.0 Å². The fourth-order valence-electron chi connectivity index (χ4n) is 2.80. The Morgan fingerprint density at radius 2 is 1.79 bits per heavy atom. The molecular formula is C15H31N3S. The predicted molar refractivity (Wildman–Crippen MR) is 87.6 cm³/mol. The van der Waals surface area contributed by atoms with Crippen LogP contribution in [-0.4, -0.2) is 53.6 Å². The molecule has 0 saturated carbocycles. The summed E-state index contributed by atoms with van der Waals surface area (Å²) in [6, 6.07) is 0.317. The first-order valence-corrected chi connectivity index (χ1v) is 8.21. The van der Waals surface area contributed by atoms with Gasteiger partial charge < -0.3 is 10.6 Å². The molecule has 112 valence electrons. The van der Waals surface area contributed by atoms with Crippen molar-refractivity contribution >= 4 is 17.2 Å². The van der Waals surface area contributed by atoms with Gasteiger partial charge in [-0.3, -0.25) is 4.90 Å². The Bertz CT molecular complexity index is 260. The summed E-state index contributed by atoms with van der Waals surface area (Å²) in [4.78, 5) is 5.74. The average Bonchev–Trinajstić information content (AvgIpc) is 2.36. The molecule has 1 atom stereocenters. The van der Waals surface area contributed by atoms with Crippen LogP contribution in [0.25, 0.3) is 0 Å². The molecule has 1 fully saturated rings. The van der Waals surface area contributed by atoms with Crippen LogP contribution in [0, 0.1) is 5.92 Å². The van der Waals surface area contributed by atoms with Gasteiger partial charge in [0.15, 0.2) is 0 Å². The Labute approximate surface area is 124 Å². The lowest BCUT2D eigenvalue weighted by atomic mass is 10.1. The monoisotopic (exact) mass is 285 g/mol. The van der Waals surface area contributed by atoms with E-state index >= 15 is 0 Å². The first-order valence-electron chi connectivity index (χ1n) is 7.80. The smallest absolute Gasteiger partial charge is 0.0902 e. The highest BCUT2D eigenvalue weighted by atomic mass is 32.1. The number of nitrogens with zero attached hydrogens (tertiary/aromatic N) is 2. The molecule has 0 aliphatic carbocycles. The molecule has 3 nitrogen and oxygen atoms in total. The normalized spacial score (nSPS) is 19.8. The Kier molecular flexibility index (Phi) is 7.88. The van der Waals surface area contributed by atoms with Crippen LogP contribution >= 0.6 is 12.2 Å². The molecule has 1 aliphatic rings. The lowest BCUT2D eigenvalue weighted by Gasteiger charge is -2.39. The average molecular weight is 286 g/mol. The molecule has 2 N–H and O–H groups in total. The lowest BCUT2D eigenvalue weighted by molar-refractivity contribution is 0.113. The van der Waals surface area contributed by atoms with Crippen LogP contribution < -0.4 is 5.73 Å². The van der Waals surface area contributed by atoms with E-state index in [4.69, 9.17) is 18.0 Å². The number of piperazine rings is 1. The third kappa shape index (κ3) is 6.19. The summed E-state index contributed by atoms with van der Waals surface area (Å²) >= 11 is 5.21. The summed E-state index contributed by atoms with van der Waals surface area (Å²) in [6.45, 7) is 12.6. The minimum absolute atomic E-state index is 0.317. The third-order valence-electron chi connectivity index (χ3n) is 3.99. The number of hydrogen-bond donors (Lipinski definition) is 1. The maximum atomic E-state index is 5.88. The van der Waals surface area contributed by atoms with Crippen molar-refractivity contribution in [3.63, 3.8) is 0 Å². The highest BCUT2D eigenvalue weighted by Crippen LogP contribution is 2.13. The topological polar surface area (TPSA) is 32.5 Å². The Morgan fingerprint density at radius 3 is 2.26 bits per heavy atom. The zero-order chi connectivity index (χ0) is 14.3. The van der Waals surface area contributed by atoms with Crippen molar-refractivity contribution in [1.29, 1.82) is 0 Å². The van der Waals surface area contributed by atoms with Crippen molar-refractivity contribution in [2.75, 3.05) is 32.7 Å². The van der Waals surface area contributed by atoms with E-state index in [9.17, 15) is 0 Å². The Morgan fingerprint density at radius 1 is 1.16 bits per heavy atom. The quantitative estimate of drug-likeness (QED) is 0.695. The molecule has 1 saturated heterocycles. The summed E-state index contributed by atoms with van der Waals surface area (Å²) in [6.07, 6.45) is 4.91. The summed E-state index contributed by atoms with van der Waals surface area (Å²) in [5, 5.41) is 0. The fourth-order valence-corrected chi connectivity index (χ4v) is 3.07. The minimum Gasteiger partial charge on any atom is -0.392 e. The molecule has 0 radical (unpaired) electrons. The first kappa shape index (κ1) is 16.9. The van der Waals surface area contributed by atoms with E-state index < -0.39 is 0 Å². The van der Waals surface area contributed by atoms with E-state index in [1.54, 1.807) is 0 Å². The van der Waals surface area contributed by atoms with Gasteiger partial charge in [-0.05, 0) is 31.7 Å². The van der Waals surface area contributed by atoms with Crippen molar-refractivity contribution in [3.05, 3.63) is 0 Å². The van der Waals surface area contributed by atoms with Gasteiger partial charge in [0.25, 0.3) is 0 Å². The minimum atomic E-state index is 0.317. The van der Waals surface area contributed by atoms with Gasteiger partial charge in [-0.2, -0.15) is 0 Å². The van der Waals surface area contributed by atoms with E-state index in [1.165, 1.54) is 32.5 Å². The largest absolute Gasteiger partial charge is 0.392 e. The third-order valence-corrected chi connectivity index (χ3v) is 4.27. The van der Waals surface area contributed by atoms with Crippen LogP contribution in [0.15, 0.2) is 0 Å². The van der Waals surface area contributed by atoms with Crippen LogP contribution in [0.5, 0.6) is 0 Å². The lowest BCUT2D eigenvalue weighted by Crippen LogP contribution is -2.53. The molecule has 4 heteroatoms. The Balaban J connectivity index is 2.29. The molecule has 0 bridgehead atoms. The predicted octanol–water partition coefficient (Wildman–Crippen LogP) is 2.50. The molecule has 0 aromatic heterocycles. The maximum Gasteiger partial charge on any atom is 0.0902 e. The standard InChI is InChI=1S/C15H31N3S/c1-4-6-14(15(16)19)18-11-9-17(10-12-18)8-5-7-13(2)3/h13-14H,4-12H2,1-3H3,(H2,16,19). The summed E-state index contributed by atoms with van der Waals surface area (Å²) < 4.78 is 0. The highest BCUT2D eigenvalue weighted by Gasteiger charge is 2.24. The summed E-state index contributed by atoms with van der Waals surface area (Å²) in [5.41, 5.74) is 5.88. The van der Waals surface area contributed by atoms with Crippen molar-refractivity contribution in [1.82, 2.24) is 9.80 Å². The zero-order valence-corrected chi connectivity index (χ0v) is 13.7. The molecule has 0 amide bonds. The van der Waals surface area contributed by atoms with E-state index in [0.29, 0.717) is 11.0 Å². The van der Waals surface area contributed by atoms with Crippen molar-refractivity contribution in [3.8, 4) is 0 Å². The van der Waals surface area contributed by atoms with Crippen LogP contribution in [0.4, 0.5) is 0 Å². The maximum absolute atomic E-state index is 5.88. The molecule has 1 rings (SSSR count). The SMILES string of the molecule is CCCC(C(N)=S)N1CCN(CCCC(C)C)CC1. The Hall–Kier alpha value is -0.190. The van der Waals surface area contributed by atoms with Crippen molar-refractivity contribution in [2.45, 2.75) is 52.5 Å². The highest BCUT2D eigenvalue weighted by molar-refractivity contribution is 7.80. The van der Waals surface area contributed by atoms with E-state index in [1.807, 2.05) is 0 Å². The van der Waals surface area contributed by atoms with Crippen LogP contribution in [-0.2, 0) is 0 Å². The molecule has 1 heterocycles. The summed E-state index contributed by atoms with van der Waals surface area (Å²) in [7, 11) is 0. The first-order chi connectivity index (χ1) is 9.04. The van der Waals surface area contributed by atoms with E-state index in [0.717, 1.165) is 31.8 Å². The molecule has 19 heavy (non-hydrogen) atoms. The van der Waals surface area contributed by atoms with Gasteiger partial charge in [-0.1, -0.05) is 39.4 Å². The number of thiocarbonyl (C=S) groups is 1. The van der Waals surface area contributed by atoms with E-state index in [2.05, 4.69) is 30.6 Å². The second kappa shape index (κ2) is 8.88. The van der Waals surface area contributed by atoms with Gasteiger partial charge in [-0.25, -0.2) is 0 Å². The number of hydrogen-bond acceptors (Lipinski definition) is 3. The number of rotatable bonds is 8. The second-order valence-corrected chi connectivity index (χ2v) is 6.59. The summed E-state index contributed by atoms with van der Waals surface area (Å²) in [5.74, 6) is 0.824. The van der Waals surface area contributed by atoms with Crippen LogP contribution in [0.3, 0.4) is 0 Å². The molecular weight excluding hydrogens is 254 g/mol. The van der Waals surface area contributed by atoms with Gasteiger partial charge >= 0.3 is 0 Å². The van der Waals surface area contributed by atoms with Crippen LogP contribution in [0.2, 0.25) is 0 Å². The molecule has 1 aliphatic heterocycles. The van der Waals surface area contributed by atoms with Gasteiger partial charge in [0.2, 0.25) is 0 Å². The van der Waals surface area contributed by atoms with Crippen molar-refractivity contribution < 1.29 is 0 Å². The van der Waals surface area contributed by atoms with Crippen LogP contribution in [0.1, 0.15) is 46.5 Å². The molecule has 0 spiro atoms. The fraction of sp³-hybridized carbons (Fsp3) is 0.933.